The van der Waals surface area contributed by atoms with Crippen LogP contribution >= 0.6 is 11.6 Å². The number of imidazole rings is 1. The lowest BCUT2D eigenvalue weighted by Gasteiger charge is -2.08. The fourth-order valence-corrected chi connectivity index (χ4v) is 2.26. The molecule has 0 aliphatic rings. The van der Waals surface area contributed by atoms with Gasteiger partial charge in [0.05, 0.1) is 24.0 Å². The van der Waals surface area contributed by atoms with Gasteiger partial charge < -0.3 is 14.0 Å². The van der Waals surface area contributed by atoms with Gasteiger partial charge >= 0.3 is 0 Å². The number of fused-ring (bicyclic) bond motifs is 1. The zero-order valence-corrected chi connectivity index (χ0v) is 11.7. The average Bonchev–Trinajstić information content (AvgIpc) is 2.75. The van der Waals surface area contributed by atoms with Gasteiger partial charge in [0.25, 0.3) is 0 Å². The normalized spacial score (nSPS) is 11.2. The predicted octanol–water partition coefficient (Wildman–Crippen LogP) is 2.96. The highest BCUT2D eigenvalue weighted by Gasteiger charge is 2.13. The van der Waals surface area contributed by atoms with Crippen LogP contribution in [0.25, 0.3) is 11.0 Å². The fourth-order valence-electron chi connectivity index (χ4n) is 2.05. The summed E-state index contributed by atoms with van der Waals surface area (Å²) >= 11 is 5.89. The molecule has 0 radical (unpaired) electrons. The summed E-state index contributed by atoms with van der Waals surface area (Å²) in [6.45, 7) is 1.38. The van der Waals surface area contributed by atoms with Crippen molar-refractivity contribution < 1.29 is 13.9 Å². The first-order valence-electron chi connectivity index (χ1n) is 5.98. The monoisotopic (exact) mass is 286 g/mol. The first-order valence-corrected chi connectivity index (χ1v) is 6.52. The molecule has 0 atom stereocenters. The molecule has 19 heavy (non-hydrogen) atoms. The Labute approximate surface area is 116 Å². The summed E-state index contributed by atoms with van der Waals surface area (Å²) in [6, 6.07) is 3.03. The summed E-state index contributed by atoms with van der Waals surface area (Å²) in [5, 5.41) is 0. The van der Waals surface area contributed by atoms with Gasteiger partial charge in [-0.15, -0.1) is 11.6 Å². The van der Waals surface area contributed by atoms with Gasteiger partial charge in [-0.25, -0.2) is 9.37 Å². The Bertz CT molecular complexity index is 571. The third-order valence-electron chi connectivity index (χ3n) is 2.95. The van der Waals surface area contributed by atoms with Gasteiger partial charge in [-0.3, -0.25) is 0 Å². The molecule has 0 unspecified atom stereocenters. The maximum Gasteiger partial charge on any atom is 0.167 e. The summed E-state index contributed by atoms with van der Waals surface area (Å²) in [7, 11) is 3.10. The molecule has 1 aromatic carbocycles. The largest absolute Gasteiger partial charge is 0.494 e. The highest BCUT2D eigenvalue weighted by Crippen LogP contribution is 2.26. The molecular formula is C13H16ClFN2O2. The van der Waals surface area contributed by atoms with Crippen LogP contribution in [-0.4, -0.2) is 30.4 Å². The van der Waals surface area contributed by atoms with Crippen LogP contribution in [0.1, 0.15) is 12.2 Å². The lowest BCUT2D eigenvalue weighted by atomic mass is 10.2. The van der Waals surface area contributed by atoms with Gasteiger partial charge in [0, 0.05) is 32.4 Å². The van der Waals surface area contributed by atoms with Crippen LogP contribution in [0.4, 0.5) is 4.39 Å². The number of methoxy groups -OCH3 is 2. The Morgan fingerprint density at radius 1 is 1.37 bits per heavy atom. The summed E-state index contributed by atoms with van der Waals surface area (Å²) in [4.78, 5) is 4.34. The van der Waals surface area contributed by atoms with E-state index in [9.17, 15) is 4.39 Å². The number of ether oxygens (including phenoxy) is 2. The highest BCUT2D eigenvalue weighted by atomic mass is 35.5. The first-order chi connectivity index (χ1) is 9.21. The van der Waals surface area contributed by atoms with Crippen molar-refractivity contribution in [1.29, 1.82) is 0 Å². The number of hydrogen-bond donors (Lipinski definition) is 0. The molecule has 104 valence electrons. The number of benzene rings is 1. The summed E-state index contributed by atoms with van der Waals surface area (Å²) in [5.74, 6) is 0.797. The van der Waals surface area contributed by atoms with Gasteiger partial charge in [0.2, 0.25) is 0 Å². The lowest BCUT2D eigenvalue weighted by Crippen LogP contribution is -2.05. The number of alkyl halides is 1. The van der Waals surface area contributed by atoms with Crippen molar-refractivity contribution in [2.75, 3.05) is 20.8 Å². The van der Waals surface area contributed by atoms with Gasteiger partial charge in [-0.1, -0.05) is 0 Å². The topological polar surface area (TPSA) is 36.3 Å². The second kappa shape index (κ2) is 6.21. The van der Waals surface area contributed by atoms with E-state index in [2.05, 4.69) is 4.98 Å². The minimum atomic E-state index is -0.419. The van der Waals surface area contributed by atoms with Crippen molar-refractivity contribution in [1.82, 2.24) is 9.55 Å². The molecule has 2 rings (SSSR count). The van der Waals surface area contributed by atoms with Crippen LogP contribution in [0.2, 0.25) is 0 Å². The van der Waals surface area contributed by atoms with Crippen molar-refractivity contribution in [3.63, 3.8) is 0 Å². The summed E-state index contributed by atoms with van der Waals surface area (Å²) in [5.41, 5.74) is 1.41. The van der Waals surface area contributed by atoms with Crippen molar-refractivity contribution >= 4 is 22.6 Å². The van der Waals surface area contributed by atoms with Gasteiger partial charge in [0.15, 0.2) is 11.6 Å². The van der Waals surface area contributed by atoms with Crippen molar-refractivity contribution in [3.8, 4) is 5.75 Å². The first kappa shape index (κ1) is 14.1. The van der Waals surface area contributed by atoms with Crippen LogP contribution in [0.5, 0.6) is 5.75 Å². The van der Waals surface area contributed by atoms with Gasteiger partial charge in [-0.2, -0.15) is 0 Å². The zero-order chi connectivity index (χ0) is 13.8. The third-order valence-corrected chi connectivity index (χ3v) is 3.19. The standard InChI is InChI=1S/C13H16ClFN2O2/c1-18-5-3-4-17-11-7-12(19-2)9(15)6-10(11)16-13(17)8-14/h6-7H,3-5,8H2,1-2H3. The van der Waals surface area contributed by atoms with E-state index < -0.39 is 5.82 Å². The molecule has 2 aromatic rings. The van der Waals surface area contributed by atoms with E-state index in [1.807, 2.05) is 4.57 Å². The minimum Gasteiger partial charge on any atom is -0.494 e. The molecule has 4 nitrogen and oxygen atoms in total. The van der Waals surface area contributed by atoms with Crippen LogP contribution in [0.15, 0.2) is 12.1 Å². The molecule has 0 spiro atoms. The number of aromatic nitrogens is 2. The molecule has 0 saturated carbocycles. The Morgan fingerprint density at radius 3 is 2.79 bits per heavy atom. The van der Waals surface area contributed by atoms with Crippen LogP contribution in [-0.2, 0) is 17.2 Å². The smallest absolute Gasteiger partial charge is 0.167 e. The van der Waals surface area contributed by atoms with Crippen LogP contribution in [0.3, 0.4) is 0 Å². The van der Waals surface area contributed by atoms with E-state index in [0.717, 1.165) is 24.3 Å². The number of aryl methyl sites for hydroxylation is 1. The lowest BCUT2D eigenvalue weighted by molar-refractivity contribution is 0.190. The second-order valence-corrected chi connectivity index (χ2v) is 4.40. The predicted molar refractivity (Wildman–Crippen MR) is 72.3 cm³/mol. The quantitative estimate of drug-likeness (QED) is 0.605. The molecule has 0 saturated heterocycles. The van der Waals surface area contributed by atoms with E-state index in [1.54, 1.807) is 13.2 Å². The molecule has 1 heterocycles. The Kier molecular flexibility index (Phi) is 4.61. The van der Waals surface area contributed by atoms with Gasteiger partial charge in [0.1, 0.15) is 5.82 Å². The van der Waals surface area contributed by atoms with E-state index in [0.29, 0.717) is 12.1 Å². The Balaban J connectivity index is 2.45. The third kappa shape index (κ3) is 2.82. The molecule has 0 bridgehead atoms. The van der Waals surface area contributed by atoms with E-state index in [-0.39, 0.29) is 11.6 Å². The molecule has 0 N–H and O–H groups in total. The SMILES string of the molecule is COCCCn1c(CCl)nc2cc(F)c(OC)cc21. The Hall–Kier alpha value is -1.33. The summed E-state index contributed by atoms with van der Waals surface area (Å²) < 4.78 is 25.7. The van der Waals surface area contributed by atoms with Gasteiger partial charge in [-0.05, 0) is 6.42 Å². The maximum absolute atomic E-state index is 13.6. The maximum atomic E-state index is 13.6. The second-order valence-electron chi connectivity index (χ2n) is 4.14. The minimum absolute atomic E-state index is 0.210. The van der Waals surface area contributed by atoms with Crippen molar-refractivity contribution in [2.45, 2.75) is 18.8 Å². The van der Waals surface area contributed by atoms with Crippen LogP contribution < -0.4 is 4.74 Å². The average molecular weight is 287 g/mol. The molecule has 0 fully saturated rings. The van der Waals surface area contributed by atoms with Crippen molar-refractivity contribution in [2.24, 2.45) is 0 Å². The zero-order valence-electron chi connectivity index (χ0n) is 10.9. The van der Waals surface area contributed by atoms with Crippen molar-refractivity contribution in [3.05, 3.63) is 23.8 Å². The molecule has 0 aliphatic heterocycles. The number of nitrogens with zero attached hydrogens (tertiary/aromatic N) is 2. The summed E-state index contributed by atoms with van der Waals surface area (Å²) in [6.07, 6.45) is 0.839. The van der Waals surface area contributed by atoms with Crippen LogP contribution in [0, 0.1) is 5.82 Å². The molecule has 0 amide bonds. The number of halogens is 2. The Morgan fingerprint density at radius 2 is 2.16 bits per heavy atom. The molecule has 0 aliphatic carbocycles. The molecular weight excluding hydrogens is 271 g/mol. The number of hydrogen-bond acceptors (Lipinski definition) is 3. The highest BCUT2D eigenvalue weighted by molar-refractivity contribution is 6.16. The number of rotatable bonds is 6. The molecule has 6 heteroatoms. The van der Waals surface area contributed by atoms with E-state index >= 15 is 0 Å². The molecule has 1 aromatic heterocycles. The van der Waals surface area contributed by atoms with E-state index in [4.69, 9.17) is 21.1 Å². The van der Waals surface area contributed by atoms with E-state index in [1.165, 1.54) is 13.2 Å². The fraction of sp³-hybridized carbons (Fsp3) is 0.462.